The summed E-state index contributed by atoms with van der Waals surface area (Å²) in [6.07, 6.45) is 6.44. The fourth-order valence-electron chi connectivity index (χ4n) is 2.92. The van der Waals surface area contributed by atoms with Gasteiger partial charge in [0.15, 0.2) is 5.65 Å². The minimum Gasteiger partial charge on any atom is -0.394 e. The summed E-state index contributed by atoms with van der Waals surface area (Å²) in [6.45, 7) is 3.88. The maximum absolute atomic E-state index is 12.5. The van der Waals surface area contributed by atoms with Gasteiger partial charge in [-0.1, -0.05) is 0 Å². The van der Waals surface area contributed by atoms with Crippen molar-refractivity contribution < 1.29 is 9.90 Å². The van der Waals surface area contributed by atoms with Gasteiger partial charge in [0.1, 0.15) is 18.2 Å². The number of amides is 1. The van der Waals surface area contributed by atoms with Crippen molar-refractivity contribution in [2.75, 3.05) is 25.0 Å². The van der Waals surface area contributed by atoms with Crippen molar-refractivity contribution in [1.29, 1.82) is 0 Å². The summed E-state index contributed by atoms with van der Waals surface area (Å²) < 4.78 is 1.62. The van der Waals surface area contributed by atoms with Crippen molar-refractivity contribution >= 4 is 22.8 Å². The number of aliphatic hydroxyl groups is 1. The first-order valence-electron chi connectivity index (χ1n) is 8.03. The molecule has 0 bridgehead atoms. The molecule has 1 amide bonds. The Labute approximate surface area is 134 Å². The number of nitrogens with zero attached hydrogens (tertiary/aromatic N) is 5. The van der Waals surface area contributed by atoms with Gasteiger partial charge in [0.05, 0.1) is 24.7 Å². The third-order valence-electron chi connectivity index (χ3n) is 4.14. The Balaban J connectivity index is 1.76. The van der Waals surface area contributed by atoms with Crippen molar-refractivity contribution in [2.24, 2.45) is 0 Å². The molecule has 0 aliphatic carbocycles. The van der Waals surface area contributed by atoms with Crippen LogP contribution >= 0.6 is 0 Å². The quantitative estimate of drug-likeness (QED) is 0.839. The lowest BCUT2D eigenvalue weighted by molar-refractivity contribution is -0.132. The van der Waals surface area contributed by atoms with E-state index in [-0.39, 0.29) is 18.6 Å². The van der Waals surface area contributed by atoms with Gasteiger partial charge in [0.2, 0.25) is 5.91 Å². The summed E-state index contributed by atoms with van der Waals surface area (Å²) in [7, 11) is 0. The van der Waals surface area contributed by atoms with Gasteiger partial charge in [-0.2, -0.15) is 5.10 Å². The van der Waals surface area contributed by atoms with Gasteiger partial charge in [-0.05, 0) is 26.2 Å². The maximum atomic E-state index is 12.5. The fourth-order valence-corrected chi connectivity index (χ4v) is 2.92. The minimum absolute atomic E-state index is 0.00655. The number of hydrogen-bond acceptors (Lipinski definition) is 6. The second-order valence-corrected chi connectivity index (χ2v) is 5.80. The van der Waals surface area contributed by atoms with Crippen LogP contribution in [0.2, 0.25) is 0 Å². The standard InChI is InChI=1S/C15H22N6O2/c1-11(15(23)20-5-3-2-4-6-20)19-13-12-9-18-21(7-8-22)14(12)17-10-16-13/h9-11,22H,2-8H2,1H3,(H,16,17,19)/t11-/m1/s1. The zero-order chi connectivity index (χ0) is 16.2. The number of rotatable bonds is 5. The normalized spacial score (nSPS) is 16.5. The third kappa shape index (κ3) is 3.26. The van der Waals surface area contributed by atoms with Gasteiger partial charge in [-0.15, -0.1) is 0 Å². The number of nitrogens with one attached hydrogen (secondary N) is 1. The Morgan fingerprint density at radius 1 is 1.35 bits per heavy atom. The number of fused-ring (bicyclic) bond motifs is 1. The minimum atomic E-state index is -0.354. The molecule has 1 atom stereocenters. The molecule has 23 heavy (non-hydrogen) atoms. The van der Waals surface area contributed by atoms with Crippen molar-refractivity contribution in [1.82, 2.24) is 24.6 Å². The van der Waals surface area contributed by atoms with Crippen molar-refractivity contribution in [3.8, 4) is 0 Å². The third-order valence-corrected chi connectivity index (χ3v) is 4.14. The molecular formula is C15H22N6O2. The highest BCUT2D eigenvalue weighted by molar-refractivity contribution is 5.90. The highest BCUT2D eigenvalue weighted by Crippen LogP contribution is 2.20. The van der Waals surface area contributed by atoms with E-state index in [9.17, 15) is 4.79 Å². The topological polar surface area (TPSA) is 96.2 Å². The van der Waals surface area contributed by atoms with Gasteiger partial charge < -0.3 is 15.3 Å². The van der Waals surface area contributed by atoms with Crippen LogP contribution in [-0.4, -0.2) is 61.4 Å². The number of carbonyl (C=O) groups is 1. The molecule has 0 saturated carbocycles. The predicted molar refractivity (Wildman–Crippen MR) is 85.9 cm³/mol. The molecule has 1 saturated heterocycles. The monoisotopic (exact) mass is 318 g/mol. The molecule has 2 N–H and O–H groups in total. The summed E-state index contributed by atoms with van der Waals surface area (Å²) in [4.78, 5) is 22.9. The highest BCUT2D eigenvalue weighted by Gasteiger charge is 2.23. The zero-order valence-electron chi connectivity index (χ0n) is 13.3. The average molecular weight is 318 g/mol. The number of carbonyl (C=O) groups excluding carboxylic acids is 1. The van der Waals surface area contributed by atoms with Crippen LogP contribution in [0.1, 0.15) is 26.2 Å². The number of aliphatic hydroxyl groups excluding tert-OH is 1. The molecule has 2 aromatic rings. The molecule has 0 aromatic carbocycles. The molecule has 1 fully saturated rings. The first-order valence-corrected chi connectivity index (χ1v) is 8.03. The first-order chi connectivity index (χ1) is 11.2. The lowest BCUT2D eigenvalue weighted by Crippen LogP contribution is -2.44. The molecule has 3 heterocycles. The largest absolute Gasteiger partial charge is 0.394 e. The molecule has 1 aliphatic heterocycles. The van der Waals surface area contributed by atoms with E-state index in [1.54, 1.807) is 10.9 Å². The van der Waals surface area contributed by atoms with E-state index in [0.29, 0.717) is 18.0 Å². The molecular weight excluding hydrogens is 296 g/mol. The molecule has 1 aliphatic rings. The van der Waals surface area contributed by atoms with Crippen molar-refractivity contribution in [2.45, 2.75) is 38.8 Å². The Bertz CT molecular complexity index is 680. The average Bonchev–Trinajstić information content (AvgIpc) is 2.99. The summed E-state index contributed by atoms with van der Waals surface area (Å²) in [5.74, 6) is 0.691. The summed E-state index contributed by atoms with van der Waals surface area (Å²) in [5.41, 5.74) is 0.647. The van der Waals surface area contributed by atoms with E-state index in [4.69, 9.17) is 5.11 Å². The summed E-state index contributed by atoms with van der Waals surface area (Å²) in [6, 6.07) is -0.354. The van der Waals surface area contributed by atoms with Gasteiger partial charge in [0.25, 0.3) is 0 Å². The van der Waals surface area contributed by atoms with Crippen LogP contribution in [0.25, 0.3) is 11.0 Å². The Kier molecular flexibility index (Phi) is 4.71. The maximum Gasteiger partial charge on any atom is 0.244 e. The zero-order valence-corrected chi connectivity index (χ0v) is 13.3. The highest BCUT2D eigenvalue weighted by atomic mass is 16.3. The molecule has 8 heteroatoms. The van der Waals surface area contributed by atoms with E-state index in [2.05, 4.69) is 20.4 Å². The second kappa shape index (κ2) is 6.91. The summed E-state index contributed by atoms with van der Waals surface area (Å²) >= 11 is 0. The number of piperidine rings is 1. The van der Waals surface area contributed by atoms with Gasteiger partial charge in [-0.3, -0.25) is 4.79 Å². The molecule has 3 rings (SSSR count). The molecule has 0 unspecified atom stereocenters. The van der Waals surface area contributed by atoms with Crippen LogP contribution in [0.3, 0.4) is 0 Å². The second-order valence-electron chi connectivity index (χ2n) is 5.80. The van der Waals surface area contributed by atoms with Crippen LogP contribution in [0.15, 0.2) is 12.5 Å². The van der Waals surface area contributed by atoms with Gasteiger partial charge in [0, 0.05) is 13.1 Å². The van der Waals surface area contributed by atoms with Gasteiger partial charge >= 0.3 is 0 Å². The van der Waals surface area contributed by atoms with Crippen LogP contribution in [-0.2, 0) is 11.3 Å². The van der Waals surface area contributed by atoms with E-state index >= 15 is 0 Å². The molecule has 124 valence electrons. The van der Waals surface area contributed by atoms with Crippen molar-refractivity contribution in [3.63, 3.8) is 0 Å². The number of aromatic nitrogens is 4. The fraction of sp³-hybridized carbons (Fsp3) is 0.600. The number of anilines is 1. The number of likely N-dealkylation sites (tertiary alicyclic amines) is 1. The van der Waals surface area contributed by atoms with Gasteiger partial charge in [-0.25, -0.2) is 14.6 Å². The lowest BCUT2D eigenvalue weighted by Gasteiger charge is -2.29. The van der Waals surface area contributed by atoms with E-state index < -0.39 is 0 Å². The Morgan fingerprint density at radius 3 is 2.87 bits per heavy atom. The van der Waals surface area contributed by atoms with E-state index in [1.165, 1.54) is 12.7 Å². The molecule has 0 radical (unpaired) electrons. The van der Waals surface area contributed by atoms with Crippen LogP contribution < -0.4 is 5.32 Å². The van der Waals surface area contributed by atoms with Crippen LogP contribution in [0.4, 0.5) is 5.82 Å². The van der Waals surface area contributed by atoms with E-state index in [0.717, 1.165) is 31.3 Å². The smallest absolute Gasteiger partial charge is 0.244 e. The predicted octanol–water partition coefficient (Wildman–Crippen LogP) is 0.631. The summed E-state index contributed by atoms with van der Waals surface area (Å²) in [5, 5.41) is 17.2. The van der Waals surface area contributed by atoms with Crippen LogP contribution in [0, 0.1) is 0 Å². The molecule has 0 spiro atoms. The van der Waals surface area contributed by atoms with Crippen LogP contribution in [0.5, 0.6) is 0 Å². The Hall–Kier alpha value is -2.22. The first kappa shape index (κ1) is 15.7. The lowest BCUT2D eigenvalue weighted by atomic mass is 10.1. The van der Waals surface area contributed by atoms with E-state index in [1.807, 2.05) is 11.8 Å². The number of hydrogen-bond donors (Lipinski definition) is 2. The molecule has 8 nitrogen and oxygen atoms in total. The Morgan fingerprint density at radius 2 is 2.13 bits per heavy atom. The van der Waals surface area contributed by atoms with Crippen molar-refractivity contribution in [3.05, 3.63) is 12.5 Å². The SMILES string of the molecule is C[C@@H](Nc1ncnc2c1cnn2CCO)C(=O)N1CCCCC1. The molecule has 2 aromatic heterocycles.